The fraction of sp³-hybridized carbons (Fsp3) is 0.467. The number of carbonyl (C=O) groups is 3. The predicted octanol–water partition coefficient (Wildman–Crippen LogP) is 0.253. The number of rotatable bonds is 9. The number of esters is 2. The van der Waals surface area contributed by atoms with Gasteiger partial charge in [0.25, 0.3) is 5.95 Å². The van der Waals surface area contributed by atoms with E-state index in [1.165, 1.54) is 6.92 Å². The molecular formula is C15H23N3O7. The number of aliphatic hydroxyl groups excluding tert-OH is 1. The number of nitrogens with two attached hydrogens (primary N) is 1. The van der Waals surface area contributed by atoms with Crippen molar-refractivity contribution in [2.75, 3.05) is 19.8 Å². The second kappa shape index (κ2) is 11.5. The number of amides is 1. The van der Waals surface area contributed by atoms with Crippen LogP contribution in [0.4, 0.5) is 0 Å². The van der Waals surface area contributed by atoms with Crippen LogP contribution in [0.1, 0.15) is 27.7 Å². The molecule has 10 nitrogen and oxygen atoms in total. The minimum atomic E-state index is -0.942. The molecule has 10 heteroatoms. The van der Waals surface area contributed by atoms with Crippen LogP contribution < -0.4 is 11.2 Å². The molecule has 0 spiro atoms. The molecule has 0 aromatic rings. The molecule has 0 fully saturated rings. The lowest BCUT2D eigenvalue weighted by atomic mass is 10.1. The van der Waals surface area contributed by atoms with E-state index >= 15 is 0 Å². The number of nitrogens with one attached hydrogen (secondary N) is 1. The van der Waals surface area contributed by atoms with Crippen LogP contribution in [0.2, 0.25) is 0 Å². The highest BCUT2D eigenvalue weighted by Crippen LogP contribution is 2.13. The van der Waals surface area contributed by atoms with Crippen molar-refractivity contribution >= 4 is 23.7 Å². The molecular weight excluding hydrogens is 334 g/mol. The molecule has 140 valence electrons. The highest BCUT2D eigenvalue weighted by Gasteiger charge is 2.22. The maximum Gasteiger partial charge on any atom is 0.345 e. The molecule has 0 rings (SSSR count). The van der Waals surface area contributed by atoms with E-state index in [-0.39, 0.29) is 25.4 Å². The monoisotopic (exact) mass is 357 g/mol. The smallest absolute Gasteiger partial charge is 0.345 e. The van der Waals surface area contributed by atoms with Gasteiger partial charge < -0.3 is 25.1 Å². The second-order valence-electron chi connectivity index (χ2n) is 4.32. The third-order valence-electron chi connectivity index (χ3n) is 2.40. The van der Waals surface area contributed by atoms with E-state index < -0.39 is 35.2 Å². The van der Waals surface area contributed by atoms with Crippen LogP contribution in [0, 0.1) is 0 Å². The van der Waals surface area contributed by atoms with E-state index in [0.29, 0.717) is 0 Å². The van der Waals surface area contributed by atoms with Gasteiger partial charge >= 0.3 is 11.9 Å². The van der Waals surface area contributed by atoms with Gasteiger partial charge in [0.1, 0.15) is 11.1 Å². The van der Waals surface area contributed by atoms with Crippen molar-refractivity contribution in [1.82, 2.24) is 5.43 Å². The zero-order valence-corrected chi connectivity index (χ0v) is 14.6. The lowest BCUT2D eigenvalue weighted by Gasteiger charge is -2.10. The van der Waals surface area contributed by atoms with E-state index in [9.17, 15) is 19.5 Å². The van der Waals surface area contributed by atoms with Crippen molar-refractivity contribution in [2.24, 2.45) is 10.8 Å². The van der Waals surface area contributed by atoms with Crippen molar-refractivity contribution in [3.8, 4) is 0 Å². The van der Waals surface area contributed by atoms with Gasteiger partial charge in [0.05, 0.1) is 19.8 Å². The van der Waals surface area contributed by atoms with Gasteiger partial charge in [-0.3, -0.25) is 4.79 Å². The largest absolute Gasteiger partial charge is 0.480 e. The average Bonchev–Trinajstić information content (AvgIpc) is 2.53. The highest BCUT2D eigenvalue weighted by molar-refractivity contribution is 6.19. The fourth-order valence-corrected chi connectivity index (χ4v) is 1.42. The normalized spacial score (nSPS) is 12.8. The Morgan fingerprint density at radius 3 is 2.04 bits per heavy atom. The number of aliphatic hydroxyl groups is 1. The van der Waals surface area contributed by atoms with E-state index in [0.717, 1.165) is 6.08 Å². The molecule has 0 aromatic heterocycles. The van der Waals surface area contributed by atoms with Gasteiger partial charge in [-0.2, -0.15) is 5.10 Å². The fourth-order valence-electron chi connectivity index (χ4n) is 1.42. The molecule has 0 saturated heterocycles. The molecule has 0 aromatic carbocycles. The molecule has 4 N–H and O–H groups in total. The van der Waals surface area contributed by atoms with Crippen LogP contribution in [0.25, 0.3) is 0 Å². The van der Waals surface area contributed by atoms with Gasteiger partial charge in [0, 0.05) is 6.92 Å². The summed E-state index contributed by atoms with van der Waals surface area (Å²) in [5, 5.41) is 13.4. The lowest BCUT2D eigenvalue weighted by molar-refractivity contribution is -0.138. The number of hydrogen-bond acceptors (Lipinski definition) is 8. The Kier molecular flexibility index (Phi) is 10.1. The molecule has 0 heterocycles. The van der Waals surface area contributed by atoms with E-state index in [1.807, 2.05) is 0 Å². The van der Waals surface area contributed by atoms with Gasteiger partial charge in [-0.1, -0.05) is 0 Å². The average molecular weight is 357 g/mol. The van der Waals surface area contributed by atoms with Crippen LogP contribution in [0.5, 0.6) is 0 Å². The molecule has 1 amide bonds. The Labute approximate surface area is 145 Å². The molecule has 0 radical (unpaired) electrons. The minimum Gasteiger partial charge on any atom is -0.480 e. The first-order valence-corrected chi connectivity index (χ1v) is 7.50. The molecule has 0 saturated carbocycles. The molecule has 0 bridgehead atoms. The molecule has 0 aliphatic rings. The minimum absolute atomic E-state index is 0.0273. The van der Waals surface area contributed by atoms with E-state index in [2.05, 4.69) is 10.5 Å². The molecule has 0 aliphatic heterocycles. The quantitative estimate of drug-likeness (QED) is 0.101. The highest BCUT2D eigenvalue weighted by atomic mass is 16.6. The maximum absolute atomic E-state index is 12.1. The Bertz CT molecular complexity index is 594. The number of amidine groups is 1. The summed E-state index contributed by atoms with van der Waals surface area (Å²) in [6.45, 7) is 6.02. The zero-order valence-electron chi connectivity index (χ0n) is 14.6. The number of hydrazone groups is 1. The molecule has 0 aliphatic carbocycles. The molecule has 0 unspecified atom stereocenters. The first-order chi connectivity index (χ1) is 11.8. The van der Waals surface area contributed by atoms with Crippen LogP contribution in [-0.4, -0.2) is 48.6 Å². The summed E-state index contributed by atoms with van der Waals surface area (Å²) in [7, 11) is 0. The Hall–Kier alpha value is -3.04. The van der Waals surface area contributed by atoms with Crippen molar-refractivity contribution in [2.45, 2.75) is 27.7 Å². The SMILES string of the molecule is CCOC(=O)C(=C/C(C(=O)OCC)=C(/O)OCC)/C(N)=N/NC(C)=O. The third-order valence-corrected chi connectivity index (χ3v) is 2.40. The van der Waals surface area contributed by atoms with Gasteiger partial charge in [0.2, 0.25) is 5.91 Å². The summed E-state index contributed by atoms with van der Waals surface area (Å²) in [6.07, 6.45) is 0.918. The standard InChI is InChI=1S/C15H23N3O7/c1-5-23-13(20)10(12(16)18-17-9(4)19)8-11(14(21)24-6-2)15(22)25-7-3/h8,21H,5-7H2,1-4H3,(H2,16,18)(H,17,19)/b10-8+,14-11+. The molecule has 25 heavy (non-hydrogen) atoms. The Morgan fingerprint density at radius 2 is 1.56 bits per heavy atom. The van der Waals surface area contributed by atoms with Crippen molar-refractivity contribution in [3.63, 3.8) is 0 Å². The number of carbonyl (C=O) groups excluding carboxylic acids is 3. The van der Waals surface area contributed by atoms with Crippen LogP contribution in [0.15, 0.2) is 28.3 Å². The maximum atomic E-state index is 12.1. The van der Waals surface area contributed by atoms with Crippen LogP contribution >= 0.6 is 0 Å². The van der Waals surface area contributed by atoms with Gasteiger partial charge in [-0.25, -0.2) is 15.0 Å². The number of ether oxygens (including phenoxy) is 3. The summed E-state index contributed by atoms with van der Waals surface area (Å²) < 4.78 is 14.5. The van der Waals surface area contributed by atoms with Crippen LogP contribution in [0.3, 0.4) is 0 Å². The lowest BCUT2D eigenvalue weighted by Crippen LogP contribution is -2.28. The summed E-state index contributed by atoms with van der Waals surface area (Å²) in [5.74, 6) is -3.57. The van der Waals surface area contributed by atoms with E-state index in [4.69, 9.17) is 19.9 Å². The van der Waals surface area contributed by atoms with Gasteiger partial charge in [-0.05, 0) is 26.8 Å². The number of hydrogen-bond donors (Lipinski definition) is 3. The zero-order chi connectivity index (χ0) is 19.4. The second-order valence-corrected chi connectivity index (χ2v) is 4.32. The predicted molar refractivity (Wildman–Crippen MR) is 88.1 cm³/mol. The first kappa shape index (κ1) is 22.0. The van der Waals surface area contributed by atoms with Crippen molar-refractivity contribution in [3.05, 3.63) is 23.2 Å². The Balaban J connectivity index is 6.09. The van der Waals surface area contributed by atoms with Crippen molar-refractivity contribution in [1.29, 1.82) is 0 Å². The van der Waals surface area contributed by atoms with E-state index in [1.54, 1.807) is 20.8 Å². The summed E-state index contributed by atoms with van der Waals surface area (Å²) >= 11 is 0. The Morgan fingerprint density at radius 1 is 1.04 bits per heavy atom. The van der Waals surface area contributed by atoms with Gasteiger partial charge in [-0.15, -0.1) is 0 Å². The van der Waals surface area contributed by atoms with Gasteiger partial charge in [0.15, 0.2) is 5.84 Å². The van der Waals surface area contributed by atoms with Crippen LogP contribution in [-0.2, 0) is 28.6 Å². The summed E-state index contributed by atoms with van der Waals surface area (Å²) in [4.78, 5) is 35.0. The van der Waals surface area contributed by atoms with Crippen molar-refractivity contribution < 1.29 is 33.7 Å². The summed E-state index contributed by atoms with van der Waals surface area (Å²) in [6, 6.07) is 0. The molecule has 0 atom stereocenters. The number of nitrogens with zero attached hydrogens (tertiary/aromatic N) is 1. The topological polar surface area (TPSA) is 150 Å². The first-order valence-electron chi connectivity index (χ1n) is 7.50. The third kappa shape index (κ3) is 7.86. The summed E-state index contributed by atoms with van der Waals surface area (Å²) in [5.41, 5.74) is 6.90.